The van der Waals surface area contributed by atoms with E-state index in [1.807, 2.05) is 6.92 Å². The Morgan fingerprint density at radius 2 is 1.52 bits per heavy atom. The number of fused-ring (bicyclic) bond motifs is 1. The molecule has 0 radical (unpaired) electrons. The van der Waals surface area contributed by atoms with Gasteiger partial charge in [0.25, 0.3) is 0 Å². The Hall–Kier alpha value is -0.610. The zero-order valence-corrected chi connectivity index (χ0v) is 18.4. The van der Waals surface area contributed by atoms with Crippen molar-refractivity contribution >= 4 is 5.97 Å². The van der Waals surface area contributed by atoms with Gasteiger partial charge in [-0.1, -0.05) is 41.5 Å². The van der Waals surface area contributed by atoms with E-state index in [2.05, 4.69) is 41.5 Å². The molecule has 4 aliphatic rings. The van der Waals surface area contributed by atoms with Gasteiger partial charge in [-0.3, -0.25) is 4.79 Å². The summed E-state index contributed by atoms with van der Waals surface area (Å²) in [6, 6.07) is 0. The molecule has 27 heavy (non-hydrogen) atoms. The van der Waals surface area contributed by atoms with Crippen LogP contribution in [0.4, 0.5) is 0 Å². The maximum absolute atomic E-state index is 13.5. The van der Waals surface area contributed by atoms with Crippen molar-refractivity contribution in [2.45, 2.75) is 111 Å². The molecule has 0 aliphatic heterocycles. The Bertz CT molecular complexity index is 600. The molecule has 4 heteroatoms. The van der Waals surface area contributed by atoms with Crippen LogP contribution in [0, 0.1) is 28.1 Å². The van der Waals surface area contributed by atoms with Crippen molar-refractivity contribution in [3.63, 3.8) is 0 Å². The van der Waals surface area contributed by atoms with Crippen LogP contribution in [-0.4, -0.2) is 33.5 Å². The van der Waals surface area contributed by atoms with Gasteiger partial charge in [0, 0.05) is 12.8 Å². The molecule has 2 N–H and O–H groups in total. The molecule has 0 spiro atoms. The van der Waals surface area contributed by atoms with Gasteiger partial charge in [-0.2, -0.15) is 0 Å². The van der Waals surface area contributed by atoms with Gasteiger partial charge in [-0.25, -0.2) is 0 Å². The standard InChI is InChI=1S/C23H40O4/c1-19(2,3)13-21(7,20(4,5)6)18(24)27-17-12-23(26)10-15-8-16(17)11-22(25,9-15)14-23/h15-17,25-26H,8-14H2,1-7H3. The van der Waals surface area contributed by atoms with Crippen LogP contribution in [0.2, 0.25) is 0 Å². The third-order valence-electron chi connectivity index (χ3n) is 7.63. The van der Waals surface area contributed by atoms with E-state index in [1.165, 1.54) is 0 Å². The molecule has 4 bridgehead atoms. The molecular formula is C23H40O4. The molecule has 0 saturated heterocycles. The summed E-state index contributed by atoms with van der Waals surface area (Å²) < 4.78 is 6.19. The first-order chi connectivity index (χ1) is 12.0. The molecule has 4 fully saturated rings. The lowest BCUT2D eigenvalue weighted by molar-refractivity contribution is -0.175. The summed E-state index contributed by atoms with van der Waals surface area (Å²) in [6.45, 7) is 14.8. The molecule has 156 valence electrons. The van der Waals surface area contributed by atoms with Crippen LogP contribution in [-0.2, 0) is 9.53 Å². The van der Waals surface area contributed by atoms with Crippen LogP contribution in [0.15, 0.2) is 0 Å². The van der Waals surface area contributed by atoms with Crippen molar-refractivity contribution in [1.29, 1.82) is 0 Å². The third kappa shape index (κ3) is 4.07. The van der Waals surface area contributed by atoms with Crippen LogP contribution in [0.5, 0.6) is 0 Å². The summed E-state index contributed by atoms with van der Waals surface area (Å²) in [5.74, 6) is 0.361. The van der Waals surface area contributed by atoms with Crippen LogP contribution in [0.25, 0.3) is 0 Å². The summed E-state index contributed by atoms with van der Waals surface area (Å²) in [7, 11) is 0. The zero-order valence-electron chi connectivity index (χ0n) is 18.4. The largest absolute Gasteiger partial charge is 0.462 e. The van der Waals surface area contributed by atoms with Crippen molar-refractivity contribution in [2.24, 2.45) is 28.1 Å². The van der Waals surface area contributed by atoms with Crippen LogP contribution in [0.3, 0.4) is 0 Å². The average molecular weight is 381 g/mol. The second-order valence-corrected chi connectivity index (χ2v) is 12.6. The average Bonchev–Trinajstić information content (AvgIpc) is 2.53. The number of carbonyl (C=O) groups is 1. The summed E-state index contributed by atoms with van der Waals surface area (Å²) in [4.78, 5) is 13.5. The van der Waals surface area contributed by atoms with E-state index in [-0.39, 0.29) is 28.8 Å². The number of aliphatic hydroxyl groups is 2. The Kier molecular flexibility index (Phi) is 4.84. The van der Waals surface area contributed by atoms with Gasteiger partial charge in [0.05, 0.1) is 16.6 Å². The van der Waals surface area contributed by atoms with E-state index in [1.54, 1.807) is 0 Å². The molecule has 0 aromatic heterocycles. The lowest BCUT2D eigenvalue weighted by atomic mass is 9.61. The number of esters is 1. The number of rotatable bonds is 3. The Morgan fingerprint density at radius 1 is 0.963 bits per heavy atom. The number of hydrogen-bond acceptors (Lipinski definition) is 4. The highest BCUT2D eigenvalue weighted by molar-refractivity contribution is 5.77. The first-order valence-corrected chi connectivity index (χ1v) is 10.7. The second-order valence-electron chi connectivity index (χ2n) is 12.6. The highest BCUT2D eigenvalue weighted by atomic mass is 16.5. The van der Waals surface area contributed by atoms with Crippen LogP contribution >= 0.6 is 0 Å². The Labute approximate surface area is 165 Å². The number of carbonyl (C=O) groups excluding carboxylic acids is 1. The summed E-state index contributed by atoms with van der Waals surface area (Å²) >= 11 is 0. The quantitative estimate of drug-likeness (QED) is 0.709. The van der Waals surface area contributed by atoms with Gasteiger partial charge >= 0.3 is 5.97 Å². The minimum Gasteiger partial charge on any atom is -0.462 e. The fourth-order valence-electron chi connectivity index (χ4n) is 6.31. The molecule has 6 atom stereocenters. The zero-order chi connectivity index (χ0) is 20.5. The number of ether oxygens (including phenoxy) is 1. The molecule has 6 unspecified atom stereocenters. The van der Waals surface area contributed by atoms with Crippen molar-refractivity contribution in [3.05, 3.63) is 0 Å². The van der Waals surface area contributed by atoms with Gasteiger partial charge in [-0.15, -0.1) is 0 Å². The minimum absolute atomic E-state index is 0.00931. The maximum Gasteiger partial charge on any atom is 0.312 e. The van der Waals surface area contributed by atoms with Gasteiger partial charge in [0.15, 0.2) is 0 Å². The molecule has 4 saturated carbocycles. The summed E-state index contributed by atoms with van der Waals surface area (Å²) in [6.07, 6.45) is 4.48. The van der Waals surface area contributed by atoms with E-state index < -0.39 is 16.6 Å². The highest BCUT2D eigenvalue weighted by Gasteiger charge is 2.58. The molecule has 4 aliphatic carbocycles. The predicted molar refractivity (Wildman–Crippen MR) is 106 cm³/mol. The topological polar surface area (TPSA) is 66.8 Å². The lowest BCUT2D eigenvalue weighted by Gasteiger charge is -2.47. The molecule has 0 aromatic rings. The van der Waals surface area contributed by atoms with Crippen molar-refractivity contribution in [1.82, 2.24) is 0 Å². The van der Waals surface area contributed by atoms with Gasteiger partial charge < -0.3 is 14.9 Å². The third-order valence-corrected chi connectivity index (χ3v) is 7.63. The molecule has 4 rings (SSSR count). The van der Waals surface area contributed by atoms with Crippen molar-refractivity contribution < 1.29 is 19.7 Å². The molecule has 4 nitrogen and oxygen atoms in total. The fraction of sp³-hybridized carbons (Fsp3) is 0.957. The molecular weight excluding hydrogens is 340 g/mol. The van der Waals surface area contributed by atoms with E-state index >= 15 is 0 Å². The van der Waals surface area contributed by atoms with Gasteiger partial charge in [0.1, 0.15) is 6.10 Å². The predicted octanol–water partition coefficient (Wildman–Crippen LogP) is 4.46. The van der Waals surface area contributed by atoms with E-state index in [0.29, 0.717) is 25.2 Å². The summed E-state index contributed by atoms with van der Waals surface area (Å²) in [5.41, 5.74) is -2.49. The monoisotopic (exact) mass is 380 g/mol. The van der Waals surface area contributed by atoms with E-state index in [9.17, 15) is 15.0 Å². The lowest BCUT2D eigenvalue weighted by Crippen LogP contribution is -2.49. The smallest absolute Gasteiger partial charge is 0.312 e. The van der Waals surface area contributed by atoms with Crippen LogP contribution in [0.1, 0.15) is 93.4 Å². The van der Waals surface area contributed by atoms with Gasteiger partial charge in [-0.05, 0) is 61.7 Å². The first kappa shape index (κ1) is 21.1. The number of hydrogen-bond donors (Lipinski definition) is 2. The summed E-state index contributed by atoms with van der Waals surface area (Å²) in [5, 5.41) is 22.1. The second kappa shape index (κ2) is 6.19. The molecule has 0 amide bonds. The normalized spacial score (nSPS) is 41.1. The minimum atomic E-state index is -0.893. The highest BCUT2D eigenvalue weighted by Crippen LogP contribution is 2.56. The van der Waals surface area contributed by atoms with Gasteiger partial charge in [0.2, 0.25) is 0 Å². The van der Waals surface area contributed by atoms with E-state index in [0.717, 1.165) is 25.7 Å². The Morgan fingerprint density at radius 3 is 2.00 bits per heavy atom. The van der Waals surface area contributed by atoms with E-state index in [4.69, 9.17) is 4.74 Å². The molecule has 0 aromatic carbocycles. The van der Waals surface area contributed by atoms with Crippen molar-refractivity contribution in [3.8, 4) is 0 Å². The first-order valence-electron chi connectivity index (χ1n) is 10.7. The SMILES string of the molecule is CC(C)(C)CC(C)(C(=O)OC1CC2(O)CC3CC1CC(O)(C3)C2)C(C)(C)C. The van der Waals surface area contributed by atoms with Crippen LogP contribution < -0.4 is 0 Å². The fourth-order valence-corrected chi connectivity index (χ4v) is 6.31. The Balaban J connectivity index is 1.84. The molecule has 0 heterocycles. The maximum atomic E-state index is 13.5. The van der Waals surface area contributed by atoms with Crippen molar-refractivity contribution in [2.75, 3.05) is 0 Å².